The van der Waals surface area contributed by atoms with Gasteiger partial charge in [-0.05, 0) is 38.1 Å². The van der Waals surface area contributed by atoms with Crippen molar-refractivity contribution in [3.8, 4) is 11.4 Å². The topological polar surface area (TPSA) is 101 Å². The molecule has 2 aliphatic heterocycles. The Hall–Kier alpha value is -3.07. The number of nitrogens with zero attached hydrogens (tertiary/aromatic N) is 6. The molecule has 1 aromatic carbocycles. The largest absolute Gasteiger partial charge is 0.341 e. The number of benzene rings is 1. The smallest absolute Gasteiger partial charge is 0.244 e. The van der Waals surface area contributed by atoms with Gasteiger partial charge >= 0.3 is 0 Å². The number of hydrogen-bond donors (Lipinski definition) is 0. The van der Waals surface area contributed by atoms with Crippen LogP contribution in [-0.4, -0.2) is 62.2 Å². The van der Waals surface area contributed by atoms with E-state index < -0.39 is 0 Å². The van der Waals surface area contributed by atoms with E-state index in [0.717, 1.165) is 42.7 Å². The summed E-state index contributed by atoms with van der Waals surface area (Å²) in [5, 5.41) is 8.26. The van der Waals surface area contributed by atoms with Gasteiger partial charge in [0, 0.05) is 38.0 Å². The van der Waals surface area contributed by atoms with E-state index in [9.17, 15) is 4.79 Å². The zero-order chi connectivity index (χ0) is 22.2. The maximum atomic E-state index is 12.6. The van der Waals surface area contributed by atoms with Crippen LogP contribution in [-0.2, 0) is 11.2 Å². The first kappa shape index (κ1) is 20.5. The average Bonchev–Trinajstić information content (AvgIpc) is 3.19. The van der Waals surface area contributed by atoms with Crippen LogP contribution in [0.15, 0.2) is 39.4 Å². The summed E-state index contributed by atoms with van der Waals surface area (Å²) >= 11 is 0. The Labute approximate surface area is 192 Å². The van der Waals surface area contributed by atoms with Crippen LogP contribution in [0.4, 0.5) is 0 Å². The lowest BCUT2D eigenvalue weighted by molar-refractivity contribution is -0.135. The maximum absolute atomic E-state index is 12.6. The number of carbonyl (C=O) groups is 1. The third-order valence-electron chi connectivity index (χ3n) is 6.95. The van der Waals surface area contributed by atoms with Gasteiger partial charge in [-0.2, -0.15) is 9.97 Å². The third kappa shape index (κ3) is 4.42. The molecule has 1 aliphatic carbocycles. The Balaban J connectivity index is 0.988. The minimum atomic E-state index is 0.0841. The van der Waals surface area contributed by atoms with Gasteiger partial charge in [0.1, 0.15) is 0 Å². The Morgan fingerprint density at radius 3 is 2.70 bits per heavy atom. The van der Waals surface area contributed by atoms with Crippen LogP contribution in [0.5, 0.6) is 0 Å². The normalized spacial score (nSPS) is 21.5. The highest BCUT2D eigenvalue weighted by molar-refractivity contribution is 5.77. The maximum Gasteiger partial charge on any atom is 0.244 e. The van der Waals surface area contributed by atoms with Crippen LogP contribution in [0.25, 0.3) is 11.4 Å². The predicted molar refractivity (Wildman–Crippen MR) is 118 cm³/mol. The second-order valence-corrected chi connectivity index (χ2v) is 9.46. The molecule has 2 aromatic heterocycles. The number of hydrogen-bond acceptors (Lipinski definition) is 8. The van der Waals surface area contributed by atoms with E-state index in [1.807, 2.05) is 35.2 Å². The fourth-order valence-electron chi connectivity index (χ4n) is 4.78. The standard InChI is InChI=1S/C24H28N6O3/c31-21(11-10-20-25-22(27-32-20)17-5-2-1-3-6-17)30-14-18(15-30)23-26-24(33-28-23)19-7-4-12-29(19)13-16-8-9-16/h1-3,5-6,16,18-19H,4,7-15H2. The third-order valence-corrected chi connectivity index (χ3v) is 6.95. The molecule has 6 rings (SSSR count). The second kappa shape index (κ2) is 8.70. The molecule has 3 aliphatic rings. The summed E-state index contributed by atoms with van der Waals surface area (Å²) in [7, 11) is 0. The zero-order valence-electron chi connectivity index (χ0n) is 18.6. The lowest BCUT2D eigenvalue weighted by Gasteiger charge is -2.37. The predicted octanol–water partition coefficient (Wildman–Crippen LogP) is 3.23. The van der Waals surface area contributed by atoms with Crippen LogP contribution in [0.2, 0.25) is 0 Å². The van der Waals surface area contributed by atoms with Crippen molar-refractivity contribution in [1.82, 2.24) is 30.1 Å². The van der Waals surface area contributed by atoms with Gasteiger partial charge in [-0.1, -0.05) is 40.6 Å². The van der Waals surface area contributed by atoms with Gasteiger partial charge in [0.15, 0.2) is 5.82 Å². The molecular formula is C24H28N6O3. The summed E-state index contributed by atoms with van der Waals surface area (Å²) in [5.41, 5.74) is 0.900. The van der Waals surface area contributed by atoms with Crippen molar-refractivity contribution >= 4 is 5.91 Å². The minimum absolute atomic E-state index is 0.0841. The summed E-state index contributed by atoms with van der Waals surface area (Å²) in [5.74, 6) is 3.60. The molecule has 1 amide bonds. The summed E-state index contributed by atoms with van der Waals surface area (Å²) in [6.45, 7) is 3.54. The van der Waals surface area contributed by atoms with Crippen molar-refractivity contribution in [2.45, 2.75) is 50.5 Å². The molecule has 4 heterocycles. The Bertz CT molecular complexity index is 1100. The van der Waals surface area contributed by atoms with E-state index in [4.69, 9.17) is 14.0 Å². The van der Waals surface area contributed by atoms with E-state index in [1.54, 1.807) is 0 Å². The lowest BCUT2D eigenvalue weighted by atomic mass is 9.98. The van der Waals surface area contributed by atoms with Gasteiger partial charge in [-0.15, -0.1) is 0 Å². The van der Waals surface area contributed by atoms with Crippen molar-refractivity contribution in [2.75, 3.05) is 26.2 Å². The molecule has 1 saturated carbocycles. The van der Waals surface area contributed by atoms with Crippen LogP contribution < -0.4 is 0 Å². The number of rotatable bonds is 8. The Morgan fingerprint density at radius 1 is 1.03 bits per heavy atom. The molecule has 0 spiro atoms. The summed E-state index contributed by atoms with van der Waals surface area (Å²) < 4.78 is 11.0. The van der Waals surface area contributed by atoms with E-state index >= 15 is 0 Å². The van der Waals surface area contributed by atoms with Gasteiger partial charge < -0.3 is 13.9 Å². The Kier molecular flexibility index (Phi) is 5.41. The van der Waals surface area contributed by atoms with Gasteiger partial charge in [-0.3, -0.25) is 9.69 Å². The summed E-state index contributed by atoms with van der Waals surface area (Å²) in [6, 6.07) is 9.93. The number of aryl methyl sites for hydroxylation is 1. The SMILES string of the molecule is O=C(CCc1nc(-c2ccccc2)no1)N1CC(c2noc(C3CCCN3CC3CC3)n2)C1. The quantitative estimate of drug-likeness (QED) is 0.518. The molecule has 9 heteroatoms. The van der Waals surface area contributed by atoms with Crippen molar-refractivity contribution in [2.24, 2.45) is 5.92 Å². The fourth-order valence-corrected chi connectivity index (χ4v) is 4.78. The zero-order valence-corrected chi connectivity index (χ0v) is 18.6. The molecule has 172 valence electrons. The van der Waals surface area contributed by atoms with Crippen molar-refractivity contribution in [3.05, 3.63) is 47.9 Å². The van der Waals surface area contributed by atoms with E-state index in [2.05, 4.69) is 20.2 Å². The molecular weight excluding hydrogens is 420 g/mol. The molecule has 9 nitrogen and oxygen atoms in total. The molecule has 3 aromatic rings. The van der Waals surface area contributed by atoms with Gasteiger partial charge in [0.2, 0.25) is 23.5 Å². The average molecular weight is 449 g/mol. The van der Waals surface area contributed by atoms with Crippen LogP contribution >= 0.6 is 0 Å². The summed E-state index contributed by atoms with van der Waals surface area (Å²) in [4.78, 5) is 26.0. The molecule has 0 N–H and O–H groups in total. The highest BCUT2D eigenvalue weighted by atomic mass is 16.5. The monoisotopic (exact) mass is 448 g/mol. The molecule has 1 atom stereocenters. The minimum Gasteiger partial charge on any atom is -0.341 e. The first-order chi connectivity index (χ1) is 16.2. The highest BCUT2D eigenvalue weighted by Gasteiger charge is 2.38. The van der Waals surface area contributed by atoms with Crippen LogP contribution in [0.3, 0.4) is 0 Å². The molecule has 2 saturated heterocycles. The molecule has 0 bridgehead atoms. The number of carbonyl (C=O) groups excluding carboxylic acids is 1. The highest BCUT2D eigenvalue weighted by Crippen LogP contribution is 2.37. The van der Waals surface area contributed by atoms with E-state index in [-0.39, 0.29) is 17.9 Å². The van der Waals surface area contributed by atoms with Crippen molar-refractivity contribution < 1.29 is 13.8 Å². The van der Waals surface area contributed by atoms with Gasteiger partial charge in [0.25, 0.3) is 0 Å². The van der Waals surface area contributed by atoms with Crippen molar-refractivity contribution in [1.29, 1.82) is 0 Å². The molecule has 33 heavy (non-hydrogen) atoms. The van der Waals surface area contributed by atoms with Crippen LogP contribution in [0, 0.1) is 5.92 Å². The first-order valence-corrected chi connectivity index (χ1v) is 12.0. The van der Waals surface area contributed by atoms with E-state index in [1.165, 1.54) is 19.3 Å². The van der Waals surface area contributed by atoms with Gasteiger partial charge in [0.05, 0.1) is 12.0 Å². The first-order valence-electron chi connectivity index (χ1n) is 12.0. The Morgan fingerprint density at radius 2 is 1.88 bits per heavy atom. The number of likely N-dealkylation sites (tertiary alicyclic amines) is 2. The molecule has 0 radical (unpaired) electrons. The molecule has 1 unspecified atom stereocenters. The van der Waals surface area contributed by atoms with E-state index in [0.29, 0.717) is 37.6 Å². The fraction of sp³-hybridized carbons (Fsp3) is 0.542. The van der Waals surface area contributed by atoms with Gasteiger partial charge in [-0.25, -0.2) is 0 Å². The lowest BCUT2D eigenvalue weighted by Crippen LogP contribution is -2.48. The number of amides is 1. The second-order valence-electron chi connectivity index (χ2n) is 9.46. The van der Waals surface area contributed by atoms with Crippen molar-refractivity contribution in [3.63, 3.8) is 0 Å². The molecule has 3 fully saturated rings. The number of aromatic nitrogens is 4. The van der Waals surface area contributed by atoms with Crippen LogP contribution in [0.1, 0.15) is 61.7 Å². The summed E-state index contributed by atoms with van der Waals surface area (Å²) in [6.07, 6.45) is 5.76.